The van der Waals surface area contributed by atoms with E-state index in [2.05, 4.69) is 389 Å². The van der Waals surface area contributed by atoms with Crippen LogP contribution in [0, 0.1) is 5.92 Å². The van der Waals surface area contributed by atoms with Crippen LogP contribution in [-0.2, 0) is 10.8 Å². The second kappa shape index (κ2) is 33.2. The Balaban J connectivity index is 0.000000107. The van der Waals surface area contributed by atoms with Gasteiger partial charge in [0.2, 0.25) is 0 Å². The fraction of sp³-hybridized carbons (Fsp3) is 0.0588. The van der Waals surface area contributed by atoms with Crippen LogP contribution in [0.4, 0.5) is 17.1 Å². The second-order valence-corrected chi connectivity index (χ2v) is 39.8. The van der Waals surface area contributed by atoms with Crippen LogP contribution in [-0.4, -0.2) is 34.5 Å². The highest BCUT2D eigenvalue weighted by Gasteiger charge is 2.52. The maximum absolute atomic E-state index is 5.07. The number of nitrogens with zero attached hydrogens (tertiary/aromatic N) is 8. The Bertz CT molecular complexity index is 9460. The van der Waals surface area contributed by atoms with E-state index in [4.69, 9.17) is 29.9 Å². The van der Waals surface area contributed by atoms with Gasteiger partial charge in [-0.1, -0.05) is 428 Å². The van der Waals surface area contributed by atoms with Crippen molar-refractivity contribution >= 4 is 142 Å². The van der Waals surface area contributed by atoms with E-state index in [0.29, 0.717) is 46.8 Å². The molecule has 3 aliphatic carbocycles. The van der Waals surface area contributed by atoms with E-state index in [0.717, 1.165) is 88.4 Å². The number of anilines is 3. The number of aromatic nitrogens is 7. The Hall–Kier alpha value is -18.2. The molecule has 0 radical (unpaired) electrons. The van der Waals surface area contributed by atoms with Crippen molar-refractivity contribution in [2.75, 3.05) is 4.90 Å². The molecule has 0 amide bonds. The molecule has 2 atom stereocenters. The smallest absolute Gasteiger partial charge is 0.164 e. The fourth-order valence-corrected chi connectivity index (χ4v) is 24.5. The Kier molecular flexibility index (Phi) is 19.4. The Morgan fingerprint density at radius 1 is 0.250 bits per heavy atom. The Morgan fingerprint density at radius 3 is 1.19 bits per heavy atom. The third-order valence-corrected chi connectivity index (χ3v) is 31.1. The van der Waals surface area contributed by atoms with Gasteiger partial charge < -0.3 is 9.47 Å². The number of fused-ring (bicyclic) bond motifs is 13. The molecule has 27 aromatic rings. The van der Waals surface area contributed by atoms with E-state index in [-0.39, 0.29) is 10.8 Å². The van der Waals surface area contributed by atoms with Crippen molar-refractivity contribution < 1.29 is 0 Å². The van der Waals surface area contributed by atoms with Crippen LogP contribution < -0.4 is 4.90 Å². The zero-order valence-corrected chi connectivity index (χ0v) is 79.8. The topological polar surface area (TPSA) is 85.5 Å². The molecule has 24 aromatic carbocycles. The number of hydrogen-bond acceptors (Lipinski definition) is 7. The van der Waals surface area contributed by atoms with Crippen molar-refractivity contribution in [1.82, 2.24) is 34.5 Å². The zero-order valence-electron chi connectivity index (χ0n) is 79.8. The van der Waals surface area contributed by atoms with E-state index in [1.807, 2.05) is 121 Å². The summed E-state index contributed by atoms with van der Waals surface area (Å²) in [4.78, 5) is 32.5. The molecular formula is C136H92N8. The number of allylic oxidation sites excluding steroid dienone is 1. The molecule has 676 valence electrons. The van der Waals surface area contributed by atoms with Crippen LogP contribution >= 0.6 is 0 Å². The van der Waals surface area contributed by atoms with Crippen LogP contribution in [0.15, 0.2) is 467 Å². The fourth-order valence-electron chi connectivity index (χ4n) is 24.5. The monoisotopic (exact) mass is 1840 g/mol. The number of rotatable bonds is 12. The molecule has 0 aliphatic heterocycles. The van der Waals surface area contributed by atoms with Gasteiger partial charge in [-0.2, -0.15) is 0 Å². The lowest BCUT2D eigenvalue weighted by Crippen LogP contribution is -2.27. The minimum Gasteiger partial charge on any atom is -0.310 e. The van der Waals surface area contributed by atoms with E-state index >= 15 is 0 Å². The van der Waals surface area contributed by atoms with Gasteiger partial charge >= 0.3 is 0 Å². The quantitative estimate of drug-likeness (QED) is 0.113. The molecule has 0 N–H and O–H groups in total. The molecule has 0 saturated carbocycles. The third kappa shape index (κ3) is 13.4. The van der Waals surface area contributed by atoms with Gasteiger partial charge in [-0.25, -0.2) is 29.9 Å². The van der Waals surface area contributed by atoms with Crippen molar-refractivity contribution in [3.8, 4) is 108 Å². The molecule has 0 fully saturated rings. The molecule has 144 heavy (non-hydrogen) atoms. The summed E-state index contributed by atoms with van der Waals surface area (Å²) >= 11 is 0. The molecule has 3 aliphatic rings. The Labute approximate surface area is 833 Å². The molecule has 0 spiro atoms. The van der Waals surface area contributed by atoms with Crippen molar-refractivity contribution in [2.45, 2.75) is 44.4 Å². The minimum atomic E-state index is -0.0399. The molecule has 3 aromatic heterocycles. The molecule has 8 heteroatoms. The highest BCUT2D eigenvalue weighted by atomic mass is 15.1. The summed E-state index contributed by atoms with van der Waals surface area (Å²) in [5.41, 5.74) is 28.1. The van der Waals surface area contributed by atoms with E-state index in [1.165, 1.54) is 148 Å². The molecule has 0 saturated heterocycles. The molecule has 0 bridgehead atoms. The SMILES string of the molecule is CC1(C)c2ccc3c(c2-c2c1cc1ccc4cccc5ccc2c1c45)C(C)(C)C1C=Cc2ccccc2C31.c1ccc(-c2c(-c3ccccc3)n(-c3ccc(N(c4ccccc4)c4ccc5ccccc5c4)cc3)c3c2cc2ccc4cccc5ccc3c2c45)cc1.c1ccc(-c2nc(-c3ccccc3)nc(-c3ccc4ccc5c(-c6nc(-c7ccccc7)nc(-c7ccccc7)n6)ccc6ccc3c4c65)n2)cc1. The Morgan fingerprint density at radius 2 is 0.646 bits per heavy atom. The van der Waals surface area contributed by atoms with Crippen LogP contribution in [0.5, 0.6) is 0 Å². The van der Waals surface area contributed by atoms with Crippen LogP contribution in [0.1, 0.15) is 67.0 Å². The van der Waals surface area contributed by atoms with Crippen LogP contribution in [0.2, 0.25) is 0 Å². The number of para-hydroxylation sites is 1. The normalized spacial score (nSPS) is 14.2. The average Bonchev–Trinajstić information content (AvgIpc) is 1.51. The first kappa shape index (κ1) is 83.9. The molecule has 3 heterocycles. The predicted molar refractivity (Wildman–Crippen MR) is 601 cm³/mol. The standard InChI is InChI=1S/C52H34N2.C46H28N6.C38H30/c1-4-14-36(15-5-1)50-47-34-41-24-23-37-19-12-20-38-26-32-46(49(41)48(37)38)52(47)54(51(50)39-16-6-2-7-17-39)44-30-28-43(29-31-44)53(42-21-8-3-9-22-42)45-27-25-35-13-10-11-18-40(35)33-45;1-5-13-31(14-6-1)41-47-42(32-15-7-2-8-16-32)50-45(49-41)37-27-23-29-22-26-36-38(28-24-30-21-25-35(37)39(29)40(30)36)46-51-43(33-17-9-3-10-18-33)48-44(52-46)34-19-11-4-12-20-34;1-37(2)29-19-17-27-33-25-11-6-5-8-21(25)15-18-28(33)38(3,4)36(27)35(29)34-26-16-14-23-10-7-9-22-12-13-24(20-30(34)37)32(26)31(22)23/h1-34H;1-28H;5-20,28,33H,1-4H3. The summed E-state index contributed by atoms with van der Waals surface area (Å²) in [5.74, 6) is 4.67. The van der Waals surface area contributed by atoms with E-state index in [1.54, 1.807) is 5.56 Å². The van der Waals surface area contributed by atoms with Gasteiger partial charge in [-0.05, 0) is 242 Å². The van der Waals surface area contributed by atoms with Gasteiger partial charge in [0.05, 0.1) is 11.2 Å². The molecule has 30 rings (SSSR count). The lowest BCUT2D eigenvalue weighted by atomic mass is 9.70. The minimum absolute atomic E-state index is 0.0387. The molecular weight excluding hydrogens is 1750 g/mol. The van der Waals surface area contributed by atoms with Gasteiger partial charge in [0.25, 0.3) is 0 Å². The first-order chi connectivity index (χ1) is 70.9. The van der Waals surface area contributed by atoms with Crippen molar-refractivity contribution in [3.05, 3.63) is 501 Å². The summed E-state index contributed by atoms with van der Waals surface area (Å²) in [6.07, 6.45) is 4.88. The highest BCUT2D eigenvalue weighted by Crippen LogP contribution is 2.65. The van der Waals surface area contributed by atoms with Crippen molar-refractivity contribution in [1.29, 1.82) is 0 Å². The lowest BCUT2D eigenvalue weighted by molar-refractivity contribution is 0.391. The third-order valence-electron chi connectivity index (χ3n) is 31.1. The zero-order chi connectivity index (χ0) is 95.6. The number of hydrogen-bond donors (Lipinski definition) is 0. The summed E-state index contributed by atoms with van der Waals surface area (Å²) in [6.45, 7) is 9.86. The van der Waals surface area contributed by atoms with Gasteiger partial charge in [0.15, 0.2) is 34.9 Å². The highest BCUT2D eigenvalue weighted by molar-refractivity contribution is 6.32. The predicted octanol–water partition coefficient (Wildman–Crippen LogP) is 35.4. The summed E-state index contributed by atoms with van der Waals surface area (Å²) < 4.78 is 2.52. The number of benzene rings is 24. The van der Waals surface area contributed by atoms with Crippen molar-refractivity contribution in [3.63, 3.8) is 0 Å². The van der Waals surface area contributed by atoms with Crippen LogP contribution in [0.25, 0.3) is 232 Å². The molecule has 2 unspecified atom stereocenters. The van der Waals surface area contributed by atoms with E-state index < -0.39 is 0 Å². The maximum atomic E-state index is 5.07. The van der Waals surface area contributed by atoms with Gasteiger partial charge in [0, 0.05) is 83.8 Å². The lowest BCUT2D eigenvalue weighted by Gasteiger charge is -2.33. The first-order valence-electron chi connectivity index (χ1n) is 49.9. The van der Waals surface area contributed by atoms with Gasteiger partial charge in [-0.15, -0.1) is 0 Å². The van der Waals surface area contributed by atoms with E-state index in [9.17, 15) is 0 Å². The first-order valence-corrected chi connectivity index (χ1v) is 49.9. The largest absolute Gasteiger partial charge is 0.310 e. The van der Waals surface area contributed by atoms with Gasteiger partial charge in [0.1, 0.15) is 0 Å². The van der Waals surface area contributed by atoms with Gasteiger partial charge in [-0.3, -0.25) is 0 Å². The van der Waals surface area contributed by atoms with Crippen molar-refractivity contribution in [2.24, 2.45) is 5.92 Å². The summed E-state index contributed by atoms with van der Waals surface area (Å²) in [7, 11) is 0. The summed E-state index contributed by atoms with van der Waals surface area (Å²) in [5, 5.41) is 26.4. The second-order valence-electron chi connectivity index (χ2n) is 39.8. The summed E-state index contributed by atoms with van der Waals surface area (Å²) in [6, 6.07) is 166. The van der Waals surface area contributed by atoms with Crippen LogP contribution in [0.3, 0.4) is 0 Å². The molecule has 8 nitrogen and oxygen atoms in total. The average molecular weight is 1840 g/mol. The maximum Gasteiger partial charge on any atom is 0.164 e.